The molecule has 0 saturated heterocycles. The molecule has 21 heavy (non-hydrogen) atoms. The maximum absolute atomic E-state index is 11.5. The molecule has 1 unspecified atom stereocenters. The molecule has 2 aromatic carbocycles. The van der Waals surface area contributed by atoms with Crippen LogP contribution in [0, 0.1) is 0 Å². The number of hydrogen-bond donors (Lipinski definition) is 1. The first kappa shape index (κ1) is 15.4. The van der Waals surface area contributed by atoms with Crippen LogP contribution in [-0.2, 0) is 17.6 Å². The number of ether oxygens (including phenoxy) is 1. The lowest BCUT2D eigenvalue weighted by Crippen LogP contribution is -2.29. The third-order valence-corrected chi connectivity index (χ3v) is 3.60. The number of aliphatic carboxylic acids is 1. The van der Waals surface area contributed by atoms with E-state index in [-0.39, 0.29) is 0 Å². The molecule has 0 saturated carbocycles. The smallest absolute Gasteiger partial charge is 0.345 e. The minimum atomic E-state index is -0.999. The number of hydrogen-bond acceptors (Lipinski definition) is 2. The summed E-state index contributed by atoms with van der Waals surface area (Å²) in [5.74, 6) is -0.610. The molecule has 1 N–H and O–H groups in total. The zero-order chi connectivity index (χ0) is 15.2. The van der Waals surface area contributed by atoms with Crippen molar-refractivity contribution in [3.05, 3.63) is 64.7 Å². The second-order valence-electron chi connectivity index (χ2n) is 4.70. The summed E-state index contributed by atoms with van der Waals surface area (Å²) < 4.78 is 5.58. The molecule has 0 spiro atoms. The zero-order valence-corrected chi connectivity index (χ0v) is 12.5. The van der Waals surface area contributed by atoms with E-state index in [1.807, 2.05) is 31.2 Å². The molecule has 0 amide bonds. The van der Waals surface area contributed by atoms with Gasteiger partial charge in [-0.25, -0.2) is 4.79 Å². The Hall–Kier alpha value is -2.00. The van der Waals surface area contributed by atoms with Crippen molar-refractivity contribution >= 4 is 17.6 Å². The van der Waals surface area contributed by atoms with Gasteiger partial charge in [-0.2, -0.15) is 0 Å². The number of carboxylic acid groups (broad SMARTS) is 1. The van der Waals surface area contributed by atoms with Crippen molar-refractivity contribution in [3.63, 3.8) is 0 Å². The molecule has 110 valence electrons. The van der Waals surface area contributed by atoms with Gasteiger partial charge in [0.1, 0.15) is 5.75 Å². The van der Waals surface area contributed by atoms with Crippen LogP contribution in [0.2, 0.25) is 5.02 Å². The number of rotatable bonds is 6. The average molecular weight is 305 g/mol. The van der Waals surface area contributed by atoms with Crippen LogP contribution in [0.1, 0.15) is 18.1 Å². The maximum Gasteiger partial charge on any atom is 0.345 e. The Kier molecular flexibility index (Phi) is 5.23. The van der Waals surface area contributed by atoms with E-state index in [0.29, 0.717) is 17.2 Å². The van der Waals surface area contributed by atoms with Gasteiger partial charge in [-0.1, -0.05) is 54.9 Å². The Bertz CT molecular complexity index is 625. The lowest BCUT2D eigenvalue weighted by Gasteiger charge is -2.17. The van der Waals surface area contributed by atoms with Crippen LogP contribution in [0.4, 0.5) is 0 Å². The van der Waals surface area contributed by atoms with Gasteiger partial charge in [0, 0.05) is 6.42 Å². The molecule has 0 bridgehead atoms. The molecule has 0 aliphatic heterocycles. The fraction of sp³-hybridized carbons (Fsp3) is 0.235. The summed E-state index contributed by atoms with van der Waals surface area (Å²) in [5.41, 5.74) is 2.12. The molecule has 3 nitrogen and oxygen atoms in total. The third-order valence-electron chi connectivity index (χ3n) is 3.29. The Morgan fingerprint density at radius 3 is 2.38 bits per heavy atom. The van der Waals surface area contributed by atoms with E-state index in [2.05, 4.69) is 0 Å². The molecule has 2 rings (SSSR count). The van der Waals surface area contributed by atoms with Gasteiger partial charge in [0.15, 0.2) is 6.10 Å². The summed E-state index contributed by atoms with van der Waals surface area (Å²) in [6.07, 6.45) is 0.205. The van der Waals surface area contributed by atoms with Crippen LogP contribution in [-0.4, -0.2) is 17.2 Å². The first-order valence-electron chi connectivity index (χ1n) is 6.82. The minimum absolute atomic E-state index is 0.310. The van der Waals surface area contributed by atoms with Gasteiger partial charge in [0.25, 0.3) is 0 Å². The maximum atomic E-state index is 11.5. The van der Waals surface area contributed by atoms with Crippen LogP contribution in [0.5, 0.6) is 5.75 Å². The number of benzene rings is 2. The molecule has 2 aromatic rings. The SMILES string of the molecule is CCc1ccccc1CC(Oc1ccccc1Cl)C(=O)O. The lowest BCUT2D eigenvalue weighted by atomic mass is 10.00. The van der Waals surface area contributed by atoms with Gasteiger partial charge < -0.3 is 9.84 Å². The van der Waals surface area contributed by atoms with Crippen LogP contribution in [0.25, 0.3) is 0 Å². The van der Waals surface area contributed by atoms with Gasteiger partial charge in [-0.3, -0.25) is 0 Å². The summed E-state index contributed by atoms with van der Waals surface area (Å²) in [7, 11) is 0. The third kappa shape index (κ3) is 3.99. The van der Waals surface area contributed by atoms with Crippen molar-refractivity contribution in [3.8, 4) is 5.75 Å². The fourth-order valence-electron chi connectivity index (χ4n) is 2.17. The quantitative estimate of drug-likeness (QED) is 0.878. The summed E-state index contributed by atoms with van der Waals surface area (Å²) in [4.78, 5) is 11.5. The fourth-order valence-corrected chi connectivity index (χ4v) is 2.35. The molecule has 0 radical (unpaired) electrons. The average Bonchev–Trinajstić information content (AvgIpc) is 2.49. The molecular weight excluding hydrogens is 288 g/mol. The van der Waals surface area contributed by atoms with Crippen LogP contribution >= 0.6 is 11.6 Å². The molecule has 0 fully saturated rings. The summed E-state index contributed by atoms with van der Waals surface area (Å²) in [6.45, 7) is 2.05. The van der Waals surface area contributed by atoms with E-state index in [0.717, 1.165) is 17.5 Å². The van der Waals surface area contributed by atoms with Crippen molar-refractivity contribution in [2.75, 3.05) is 0 Å². The van der Waals surface area contributed by atoms with E-state index >= 15 is 0 Å². The van der Waals surface area contributed by atoms with Crippen molar-refractivity contribution < 1.29 is 14.6 Å². The zero-order valence-electron chi connectivity index (χ0n) is 11.8. The van der Waals surface area contributed by atoms with Gasteiger partial charge in [0.05, 0.1) is 5.02 Å². The van der Waals surface area contributed by atoms with Gasteiger partial charge in [-0.15, -0.1) is 0 Å². The molecule has 0 aliphatic carbocycles. The standard InChI is InChI=1S/C17H17ClO3/c1-2-12-7-3-4-8-13(12)11-16(17(19)20)21-15-10-6-5-9-14(15)18/h3-10,16H,2,11H2,1H3,(H,19,20). The second-order valence-corrected chi connectivity index (χ2v) is 5.11. The van der Waals surface area contributed by atoms with E-state index in [9.17, 15) is 9.90 Å². The van der Waals surface area contributed by atoms with Gasteiger partial charge in [-0.05, 0) is 29.7 Å². The molecule has 1 atom stereocenters. The van der Waals surface area contributed by atoms with E-state index in [1.54, 1.807) is 24.3 Å². The van der Waals surface area contributed by atoms with Crippen molar-refractivity contribution in [1.82, 2.24) is 0 Å². The highest BCUT2D eigenvalue weighted by Gasteiger charge is 2.22. The van der Waals surface area contributed by atoms with Crippen molar-refractivity contribution in [2.45, 2.75) is 25.9 Å². The highest BCUT2D eigenvalue weighted by molar-refractivity contribution is 6.32. The van der Waals surface area contributed by atoms with E-state index in [4.69, 9.17) is 16.3 Å². The number of halogens is 1. The molecule has 4 heteroatoms. The van der Waals surface area contributed by atoms with Gasteiger partial charge >= 0.3 is 5.97 Å². The molecule has 0 aliphatic rings. The second kappa shape index (κ2) is 7.14. The van der Waals surface area contributed by atoms with Crippen molar-refractivity contribution in [2.24, 2.45) is 0 Å². The molecular formula is C17H17ClO3. The normalized spacial score (nSPS) is 11.9. The summed E-state index contributed by atoms with van der Waals surface area (Å²) in [6, 6.07) is 14.7. The Morgan fingerprint density at radius 2 is 1.76 bits per heavy atom. The number of carbonyl (C=O) groups is 1. The van der Waals surface area contributed by atoms with E-state index in [1.165, 1.54) is 0 Å². The largest absolute Gasteiger partial charge is 0.478 e. The van der Waals surface area contributed by atoms with Crippen LogP contribution < -0.4 is 4.74 Å². The van der Waals surface area contributed by atoms with Crippen molar-refractivity contribution in [1.29, 1.82) is 0 Å². The number of aryl methyl sites for hydroxylation is 1. The Balaban J connectivity index is 2.20. The van der Waals surface area contributed by atoms with E-state index < -0.39 is 12.1 Å². The number of carboxylic acids is 1. The Labute approximate surface area is 129 Å². The topological polar surface area (TPSA) is 46.5 Å². The highest BCUT2D eigenvalue weighted by Crippen LogP contribution is 2.25. The highest BCUT2D eigenvalue weighted by atomic mass is 35.5. The number of para-hydroxylation sites is 1. The minimum Gasteiger partial charge on any atom is -0.478 e. The summed E-state index contributed by atoms with van der Waals surface area (Å²) in [5, 5.41) is 9.79. The summed E-state index contributed by atoms with van der Waals surface area (Å²) >= 11 is 6.02. The predicted octanol–water partition coefficient (Wildman–Crippen LogP) is 3.98. The first-order chi connectivity index (χ1) is 10.1. The Morgan fingerprint density at radius 1 is 1.14 bits per heavy atom. The first-order valence-corrected chi connectivity index (χ1v) is 7.20. The van der Waals surface area contributed by atoms with Crippen LogP contribution in [0.15, 0.2) is 48.5 Å². The predicted molar refractivity (Wildman–Crippen MR) is 83.0 cm³/mol. The molecule has 0 heterocycles. The van der Waals surface area contributed by atoms with Gasteiger partial charge in [0.2, 0.25) is 0 Å². The van der Waals surface area contributed by atoms with Crippen LogP contribution in [0.3, 0.4) is 0 Å². The monoisotopic (exact) mass is 304 g/mol. The molecule has 0 aromatic heterocycles. The lowest BCUT2D eigenvalue weighted by molar-refractivity contribution is -0.145.